The maximum atomic E-state index is 4.13. The Balaban J connectivity index is 3.21. The van der Waals surface area contributed by atoms with Crippen LogP contribution in [0.1, 0.15) is 11.3 Å². The molecule has 0 aromatic carbocycles. The van der Waals surface area contributed by atoms with Gasteiger partial charge in [-0.2, -0.15) is 0 Å². The van der Waals surface area contributed by atoms with Crippen molar-refractivity contribution in [2.75, 3.05) is 0 Å². The molecule has 0 unspecified atom stereocenters. The highest BCUT2D eigenvalue weighted by molar-refractivity contribution is 9.10. The van der Waals surface area contributed by atoms with Crippen molar-refractivity contribution in [3.8, 4) is 0 Å². The number of hydrogen-bond acceptors (Lipinski definition) is 1. The second-order valence-electron chi connectivity index (χ2n) is 2.03. The summed E-state index contributed by atoms with van der Waals surface area (Å²) in [7, 11) is 0. The third-order valence-electron chi connectivity index (χ3n) is 1.31. The van der Waals surface area contributed by atoms with Crippen LogP contribution in [-0.4, -0.2) is 4.98 Å². The minimum atomic E-state index is 0.994. The van der Waals surface area contributed by atoms with Crippen LogP contribution in [-0.2, 0) is 0 Å². The summed E-state index contributed by atoms with van der Waals surface area (Å²) in [6, 6.07) is 2.00. The van der Waals surface area contributed by atoms with Crippen molar-refractivity contribution in [3.05, 3.63) is 34.6 Å². The molecule has 0 radical (unpaired) electrons. The molecule has 52 valence electrons. The molecule has 2 heteroatoms. The Morgan fingerprint density at radius 2 is 2.40 bits per heavy atom. The summed E-state index contributed by atoms with van der Waals surface area (Å²) in [5.41, 5.74) is 2.09. The molecule has 0 bridgehead atoms. The van der Waals surface area contributed by atoms with Crippen LogP contribution < -0.4 is 0 Å². The average molecular weight is 198 g/mol. The molecule has 0 fully saturated rings. The highest BCUT2D eigenvalue weighted by Crippen LogP contribution is 2.13. The summed E-state index contributed by atoms with van der Waals surface area (Å²) in [6.45, 7) is 5.63. The Bertz CT molecular complexity index is 255. The van der Waals surface area contributed by atoms with Gasteiger partial charge in [-0.15, -0.1) is 0 Å². The van der Waals surface area contributed by atoms with E-state index in [0.29, 0.717) is 0 Å². The quantitative estimate of drug-likeness (QED) is 0.676. The number of halogens is 1. The number of rotatable bonds is 1. The van der Waals surface area contributed by atoms with Gasteiger partial charge in [-0.3, -0.25) is 4.98 Å². The van der Waals surface area contributed by atoms with Gasteiger partial charge < -0.3 is 0 Å². The van der Waals surface area contributed by atoms with E-state index in [9.17, 15) is 0 Å². The standard InChI is InChI=1S/C8H8BrN/c1-3-7-4-8(9)5-10-6(7)2/h3-5H,1H2,2H3. The lowest BCUT2D eigenvalue weighted by Crippen LogP contribution is -1.84. The van der Waals surface area contributed by atoms with E-state index in [1.165, 1.54) is 0 Å². The molecule has 1 aromatic rings. The molecule has 1 rings (SSSR count). The third kappa shape index (κ3) is 1.45. The largest absolute Gasteiger partial charge is 0.260 e. The molecule has 0 saturated heterocycles. The fourth-order valence-corrected chi connectivity index (χ4v) is 1.08. The molecule has 0 aliphatic rings. The summed E-state index contributed by atoms with van der Waals surface area (Å²) in [5.74, 6) is 0. The zero-order valence-electron chi connectivity index (χ0n) is 5.76. The zero-order valence-corrected chi connectivity index (χ0v) is 7.35. The lowest BCUT2D eigenvalue weighted by Gasteiger charge is -1.97. The molecular formula is C8H8BrN. The average Bonchev–Trinajstić information content (AvgIpc) is 1.94. The molecule has 0 N–H and O–H groups in total. The van der Waals surface area contributed by atoms with E-state index in [0.717, 1.165) is 15.7 Å². The van der Waals surface area contributed by atoms with Gasteiger partial charge in [0.15, 0.2) is 0 Å². The Morgan fingerprint density at radius 1 is 1.70 bits per heavy atom. The normalized spacial score (nSPS) is 9.40. The highest BCUT2D eigenvalue weighted by atomic mass is 79.9. The topological polar surface area (TPSA) is 12.9 Å². The predicted octanol–water partition coefficient (Wildman–Crippen LogP) is 2.80. The van der Waals surface area contributed by atoms with Crippen molar-refractivity contribution in [2.24, 2.45) is 0 Å². The van der Waals surface area contributed by atoms with Crippen LogP contribution >= 0.6 is 15.9 Å². The van der Waals surface area contributed by atoms with Gasteiger partial charge in [-0.25, -0.2) is 0 Å². The fraction of sp³-hybridized carbons (Fsp3) is 0.125. The molecule has 0 saturated carbocycles. The van der Waals surface area contributed by atoms with Crippen LogP contribution in [0.3, 0.4) is 0 Å². The summed E-state index contributed by atoms with van der Waals surface area (Å²) in [5, 5.41) is 0. The molecular weight excluding hydrogens is 190 g/mol. The molecule has 10 heavy (non-hydrogen) atoms. The first-order chi connectivity index (χ1) is 4.74. The number of pyridine rings is 1. The summed E-state index contributed by atoms with van der Waals surface area (Å²) in [6.07, 6.45) is 3.58. The van der Waals surface area contributed by atoms with E-state index < -0.39 is 0 Å². The fourth-order valence-electron chi connectivity index (χ4n) is 0.730. The number of hydrogen-bond donors (Lipinski definition) is 0. The first kappa shape index (κ1) is 7.48. The Labute approximate surface area is 68.9 Å². The van der Waals surface area contributed by atoms with E-state index in [1.54, 1.807) is 12.3 Å². The van der Waals surface area contributed by atoms with Crippen molar-refractivity contribution >= 4 is 22.0 Å². The maximum Gasteiger partial charge on any atom is 0.0445 e. The Kier molecular flexibility index (Phi) is 2.22. The lowest BCUT2D eigenvalue weighted by molar-refractivity contribution is 1.18. The number of nitrogens with zero attached hydrogens (tertiary/aromatic N) is 1. The van der Waals surface area contributed by atoms with Gasteiger partial charge in [0.1, 0.15) is 0 Å². The molecule has 0 aliphatic carbocycles. The van der Waals surface area contributed by atoms with E-state index in [1.807, 2.05) is 13.0 Å². The summed E-state index contributed by atoms with van der Waals surface area (Å²) >= 11 is 3.33. The minimum Gasteiger partial charge on any atom is -0.260 e. The zero-order chi connectivity index (χ0) is 7.56. The predicted molar refractivity (Wildman–Crippen MR) is 46.8 cm³/mol. The van der Waals surface area contributed by atoms with Gasteiger partial charge in [-0.1, -0.05) is 12.7 Å². The van der Waals surface area contributed by atoms with Crippen molar-refractivity contribution in [3.63, 3.8) is 0 Å². The van der Waals surface area contributed by atoms with Gasteiger partial charge in [0.25, 0.3) is 0 Å². The van der Waals surface area contributed by atoms with Gasteiger partial charge in [-0.05, 0) is 34.5 Å². The molecule has 1 nitrogen and oxygen atoms in total. The molecule has 0 aliphatic heterocycles. The lowest BCUT2D eigenvalue weighted by atomic mass is 10.2. The molecule has 1 heterocycles. The van der Waals surface area contributed by atoms with Gasteiger partial charge in [0.05, 0.1) is 0 Å². The first-order valence-electron chi connectivity index (χ1n) is 2.98. The van der Waals surface area contributed by atoms with Crippen molar-refractivity contribution in [1.29, 1.82) is 0 Å². The monoisotopic (exact) mass is 197 g/mol. The van der Waals surface area contributed by atoms with Crippen LogP contribution in [0.4, 0.5) is 0 Å². The van der Waals surface area contributed by atoms with Crippen molar-refractivity contribution in [2.45, 2.75) is 6.92 Å². The Hall–Kier alpha value is -0.630. The number of aromatic nitrogens is 1. The smallest absolute Gasteiger partial charge is 0.0445 e. The molecule has 0 atom stereocenters. The van der Waals surface area contributed by atoms with Gasteiger partial charge in [0.2, 0.25) is 0 Å². The second-order valence-corrected chi connectivity index (χ2v) is 2.95. The van der Waals surface area contributed by atoms with Crippen LogP contribution in [0, 0.1) is 6.92 Å². The van der Waals surface area contributed by atoms with Crippen molar-refractivity contribution < 1.29 is 0 Å². The maximum absolute atomic E-state index is 4.13. The molecule has 1 aromatic heterocycles. The molecule has 0 amide bonds. The highest BCUT2D eigenvalue weighted by Gasteiger charge is 1.93. The summed E-state index contributed by atoms with van der Waals surface area (Å²) < 4.78 is 0.994. The van der Waals surface area contributed by atoms with Crippen LogP contribution in [0.5, 0.6) is 0 Å². The first-order valence-corrected chi connectivity index (χ1v) is 3.78. The minimum absolute atomic E-state index is 0.994. The van der Waals surface area contributed by atoms with Crippen LogP contribution in [0.2, 0.25) is 0 Å². The van der Waals surface area contributed by atoms with E-state index >= 15 is 0 Å². The molecule has 0 spiro atoms. The summed E-state index contributed by atoms with van der Waals surface area (Å²) in [4.78, 5) is 4.13. The van der Waals surface area contributed by atoms with Gasteiger partial charge in [0, 0.05) is 16.4 Å². The SMILES string of the molecule is C=Cc1cc(Br)cnc1C. The van der Waals surface area contributed by atoms with E-state index in [2.05, 4.69) is 27.5 Å². The van der Waals surface area contributed by atoms with Crippen molar-refractivity contribution in [1.82, 2.24) is 4.98 Å². The second kappa shape index (κ2) is 2.97. The van der Waals surface area contributed by atoms with E-state index in [-0.39, 0.29) is 0 Å². The number of aryl methyl sites for hydroxylation is 1. The Morgan fingerprint density at radius 3 is 2.90 bits per heavy atom. The third-order valence-corrected chi connectivity index (χ3v) is 1.75. The van der Waals surface area contributed by atoms with E-state index in [4.69, 9.17) is 0 Å². The van der Waals surface area contributed by atoms with Crippen LogP contribution in [0.15, 0.2) is 23.3 Å². The van der Waals surface area contributed by atoms with Gasteiger partial charge >= 0.3 is 0 Å². The van der Waals surface area contributed by atoms with Crippen LogP contribution in [0.25, 0.3) is 6.08 Å².